The maximum Gasteiger partial charge on any atom is 0.269 e. The van der Waals surface area contributed by atoms with Gasteiger partial charge >= 0.3 is 0 Å². The molecular weight excluding hydrogens is 582 g/mol. The second-order valence-corrected chi connectivity index (χ2v) is 11.2. The van der Waals surface area contributed by atoms with Gasteiger partial charge in [-0.2, -0.15) is 4.72 Å². The normalized spacial score (nSPS) is 13.2. The lowest BCUT2D eigenvalue weighted by molar-refractivity contribution is -0.384. The van der Waals surface area contributed by atoms with E-state index in [4.69, 9.17) is 22.9 Å². The van der Waals surface area contributed by atoms with Gasteiger partial charge in [-0.15, -0.1) is 0 Å². The highest BCUT2D eigenvalue weighted by atomic mass is 32.2. The average Bonchev–Trinajstić information content (AvgIpc) is 2.97. The Morgan fingerprint density at radius 2 is 1.47 bits per heavy atom. The number of nitro benzene ring substituents is 1. The molecule has 0 aliphatic heterocycles. The molecule has 0 radical (unpaired) electrons. The van der Waals surface area contributed by atoms with Crippen molar-refractivity contribution >= 4 is 39.4 Å². The first-order chi connectivity index (χ1) is 20.4. The molecule has 2 aromatic rings. The largest absolute Gasteiger partial charge is 0.370 e. The molecule has 2 rings (SSSR count). The number of sulfonamides is 1. The molecule has 0 spiro atoms. The van der Waals surface area contributed by atoms with E-state index < -0.39 is 50.8 Å². The van der Waals surface area contributed by atoms with Crippen LogP contribution in [0.25, 0.3) is 0 Å². The summed E-state index contributed by atoms with van der Waals surface area (Å²) in [5.41, 5.74) is 21.9. The van der Waals surface area contributed by atoms with E-state index in [0.717, 1.165) is 24.3 Å². The van der Waals surface area contributed by atoms with Gasteiger partial charge < -0.3 is 33.6 Å². The Hall–Kier alpha value is -4.61. The number of carbonyl (C=O) groups is 3. The van der Waals surface area contributed by atoms with Crippen LogP contribution in [-0.4, -0.2) is 62.2 Å². The first-order valence-corrected chi connectivity index (χ1v) is 14.8. The Bertz CT molecular complexity index is 1380. The van der Waals surface area contributed by atoms with E-state index in [-0.39, 0.29) is 42.3 Å². The minimum absolute atomic E-state index is 0.0696. The van der Waals surface area contributed by atoms with Crippen molar-refractivity contribution in [3.8, 4) is 0 Å². The average molecular weight is 620 g/mol. The molecule has 16 nitrogen and oxygen atoms in total. The van der Waals surface area contributed by atoms with Crippen molar-refractivity contribution in [3.63, 3.8) is 0 Å². The number of non-ortho nitro benzene ring substituents is 1. The zero-order chi connectivity index (χ0) is 32.0. The fourth-order valence-corrected chi connectivity index (χ4v) is 5.22. The molecule has 17 heteroatoms. The molecule has 0 bridgehead atoms. The van der Waals surface area contributed by atoms with Crippen molar-refractivity contribution in [1.29, 1.82) is 0 Å². The smallest absolute Gasteiger partial charge is 0.269 e. The van der Waals surface area contributed by atoms with Gasteiger partial charge in [-0.25, -0.2) is 8.42 Å². The number of aliphatic imine (C=N–C) groups is 1. The number of benzene rings is 2. The number of hydrogen-bond donors (Lipinski definition) is 7. The van der Waals surface area contributed by atoms with Gasteiger partial charge in [-0.05, 0) is 56.3 Å². The highest BCUT2D eigenvalue weighted by Gasteiger charge is 2.31. The predicted molar refractivity (Wildman–Crippen MR) is 158 cm³/mol. The summed E-state index contributed by atoms with van der Waals surface area (Å²) in [7, 11) is -4.34. The van der Waals surface area contributed by atoms with E-state index in [0.29, 0.717) is 24.9 Å². The Morgan fingerprint density at radius 1 is 0.860 bits per heavy atom. The third-order valence-electron chi connectivity index (χ3n) is 6.20. The second kappa shape index (κ2) is 16.7. The van der Waals surface area contributed by atoms with Crippen molar-refractivity contribution in [2.24, 2.45) is 27.9 Å². The van der Waals surface area contributed by atoms with Crippen LogP contribution in [0.1, 0.15) is 43.7 Å². The zero-order valence-electron chi connectivity index (χ0n) is 23.3. The summed E-state index contributed by atoms with van der Waals surface area (Å²) >= 11 is 0. The Balaban J connectivity index is 2.30. The molecule has 0 saturated carbocycles. The lowest BCUT2D eigenvalue weighted by Gasteiger charge is -2.25. The Kier molecular flexibility index (Phi) is 13.5. The number of nitrogens with one attached hydrogen (secondary N) is 3. The highest BCUT2D eigenvalue weighted by Crippen LogP contribution is 2.17. The molecule has 0 unspecified atom stereocenters. The van der Waals surface area contributed by atoms with E-state index in [1.807, 2.05) is 0 Å². The molecule has 0 aliphatic rings. The zero-order valence-corrected chi connectivity index (χ0v) is 24.2. The molecular formula is C26H37N9O7S. The van der Waals surface area contributed by atoms with Crippen molar-refractivity contribution in [2.45, 2.75) is 55.1 Å². The molecule has 11 N–H and O–H groups in total. The fraction of sp³-hybridized carbons (Fsp3) is 0.385. The van der Waals surface area contributed by atoms with Gasteiger partial charge in [0.1, 0.15) is 18.1 Å². The van der Waals surface area contributed by atoms with E-state index in [1.54, 1.807) is 30.3 Å². The van der Waals surface area contributed by atoms with Crippen molar-refractivity contribution in [3.05, 3.63) is 70.3 Å². The molecule has 43 heavy (non-hydrogen) atoms. The highest BCUT2D eigenvalue weighted by molar-refractivity contribution is 7.89. The molecule has 3 atom stereocenters. The van der Waals surface area contributed by atoms with Crippen LogP contribution in [0.5, 0.6) is 0 Å². The van der Waals surface area contributed by atoms with Gasteiger partial charge in [0.2, 0.25) is 27.7 Å². The molecule has 0 heterocycles. The number of carbonyl (C=O) groups excluding carboxylic acids is 3. The lowest BCUT2D eigenvalue weighted by Crippen LogP contribution is -2.54. The summed E-state index contributed by atoms with van der Waals surface area (Å²) in [6.45, 7) is 0.418. The number of primary amides is 1. The first kappa shape index (κ1) is 34.6. The van der Waals surface area contributed by atoms with Gasteiger partial charge in [-0.3, -0.25) is 29.5 Å². The van der Waals surface area contributed by atoms with Crippen LogP contribution < -0.4 is 38.3 Å². The van der Waals surface area contributed by atoms with E-state index in [9.17, 15) is 32.9 Å². The van der Waals surface area contributed by atoms with Gasteiger partial charge in [0, 0.05) is 18.7 Å². The Labute approximate surface area is 248 Å². The van der Waals surface area contributed by atoms with Crippen LogP contribution >= 0.6 is 0 Å². The monoisotopic (exact) mass is 619 g/mol. The number of guanidine groups is 1. The summed E-state index contributed by atoms with van der Waals surface area (Å²) < 4.78 is 28.5. The van der Waals surface area contributed by atoms with Gasteiger partial charge in [-0.1, -0.05) is 30.3 Å². The van der Waals surface area contributed by atoms with Gasteiger partial charge in [0.05, 0.1) is 9.82 Å². The predicted octanol–water partition coefficient (Wildman–Crippen LogP) is -0.748. The fourth-order valence-electron chi connectivity index (χ4n) is 3.99. The third-order valence-corrected chi connectivity index (χ3v) is 7.69. The first-order valence-electron chi connectivity index (χ1n) is 13.3. The summed E-state index contributed by atoms with van der Waals surface area (Å²) in [6.07, 6.45) is 1.21. The standard InChI is InChI=1S/C26H37N9O7S/c27-15-5-4-9-20(24(37)33-22(23(28)36)17-7-2-1-3-8-17)32-25(38)21(10-6-16-31-26(29)30)34-43(41,42)19-13-11-18(12-14-19)35(39)40/h1-3,7-8,11-14,20-22,34H,4-6,9-10,15-16,27H2,(H2,28,36)(H,32,38)(H,33,37)(H4,29,30,31)/t20-,21-,22+/m0/s1. The molecule has 234 valence electrons. The van der Waals surface area contributed by atoms with Crippen LogP contribution in [0.15, 0.2) is 64.5 Å². The number of nitro groups is 1. The summed E-state index contributed by atoms with van der Waals surface area (Å²) in [4.78, 5) is 52.7. The number of hydrogen-bond acceptors (Lipinski definition) is 9. The van der Waals surface area contributed by atoms with Crippen LogP contribution in [0.3, 0.4) is 0 Å². The van der Waals surface area contributed by atoms with Crippen molar-refractivity contribution in [2.75, 3.05) is 13.1 Å². The minimum Gasteiger partial charge on any atom is -0.370 e. The molecule has 2 aromatic carbocycles. The quantitative estimate of drug-likeness (QED) is 0.0360. The Morgan fingerprint density at radius 3 is 2.02 bits per heavy atom. The molecule has 3 amide bonds. The summed E-state index contributed by atoms with van der Waals surface area (Å²) in [5.74, 6) is -2.56. The van der Waals surface area contributed by atoms with Crippen LogP contribution in [0.2, 0.25) is 0 Å². The molecule has 0 saturated heterocycles. The van der Waals surface area contributed by atoms with Crippen molar-refractivity contribution in [1.82, 2.24) is 15.4 Å². The second-order valence-electron chi connectivity index (χ2n) is 9.47. The molecule has 0 fully saturated rings. The van der Waals surface area contributed by atoms with E-state index >= 15 is 0 Å². The maximum atomic E-state index is 13.5. The van der Waals surface area contributed by atoms with E-state index in [2.05, 4.69) is 20.3 Å². The van der Waals surface area contributed by atoms with Crippen LogP contribution in [0, 0.1) is 10.1 Å². The third kappa shape index (κ3) is 11.3. The number of nitrogens with two attached hydrogens (primary N) is 4. The van der Waals surface area contributed by atoms with Crippen LogP contribution in [0.4, 0.5) is 5.69 Å². The van der Waals surface area contributed by atoms with E-state index in [1.165, 1.54) is 0 Å². The summed E-state index contributed by atoms with van der Waals surface area (Å²) in [6, 6.07) is 8.64. The lowest BCUT2D eigenvalue weighted by atomic mass is 10.0. The molecule has 0 aliphatic carbocycles. The van der Waals surface area contributed by atoms with Gasteiger partial charge in [0.15, 0.2) is 5.96 Å². The SMILES string of the molecule is NCCCC[C@H](NC(=O)[C@H](CCCN=C(N)N)NS(=O)(=O)c1ccc([N+](=O)[O-])cc1)C(=O)N[C@@H](C(N)=O)c1ccccc1. The van der Waals surface area contributed by atoms with Gasteiger partial charge in [0.25, 0.3) is 5.69 Å². The number of rotatable bonds is 18. The topological polar surface area (TPSA) is 281 Å². The maximum absolute atomic E-state index is 13.5. The summed E-state index contributed by atoms with van der Waals surface area (Å²) in [5, 5.41) is 16.1. The number of unbranched alkanes of at least 4 members (excludes halogenated alkanes) is 1. The van der Waals surface area contributed by atoms with Crippen LogP contribution in [-0.2, 0) is 24.4 Å². The molecule has 0 aromatic heterocycles. The minimum atomic E-state index is -4.34. The van der Waals surface area contributed by atoms with Crippen molar-refractivity contribution < 1.29 is 27.7 Å². The number of nitrogens with zero attached hydrogens (tertiary/aromatic N) is 2. The number of amides is 3.